The fraction of sp³-hybridized carbons (Fsp3) is 0.607. The van der Waals surface area contributed by atoms with Crippen molar-refractivity contribution in [3.05, 3.63) is 47.7 Å². The lowest BCUT2D eigenvalue weighted by Crippen LogP contribution is -2.54. The van der Waals surface area contributed by atoms with Gasteiger partial charge < -0.3 is 9.47 Å². The number of aromatic nitrogens is 1. The summed E-state index contributed by atoms with van der Waals surface area (Å²) in [6, 6.07) is 10.1. The number of fused-ring (bicyclic) bond motifs is 1. The van der Waals surface area contributed by atoms with Crippen LogP contribution in [0.15, 0.2) is 36.5 Å². The number of nitrogens with zero attached hydrogens (tertiary/aromatic N) is 2. The fourth-order valence-corrected chi connectivity index (χ4v) is 7.68. The standard InChI is InChI=1S/C28H38N2O4S/c1-26(2,3)30-13-11-28(12-14-30)10-9-23-15-22(6-8-25(23)34-28)24-7-5-21(16-29-24)17-35(31,32)20-27(4)18-33-19-27/h5-8,15-16H,9-14,17-20H2,1-4H3. The van der Waals surface area contributed by atoms with E-state index in [1.165, 1.54) is 5.56 Å². The van der Waals surface area contributed by atoms with Gasteiger partial charge >= 0.3 is 0 Å². The molecule has 0 aliphatic carbocycles. The molecule has 2 fully saturated rings. The predicted octanol–water partition coefficient (Wildman–Crippen LogP) is 4.66. The Kier molecular flexibility index (Phi) is 6.26. The average molecular weight is 499 g/mol. The highest BCUT2D eigenvalue weighted by Gasteiger charge is 2.41. The van der Waals surface area contributed by atoms with Gasteiger partial charge in [0, 0.05) is 35.8 Å². The number of benzene rings is 1. The van der Waals surface area contributed by atoms with Gasteiger partial charge in [0.15, 0.2) is 9.84 Å². The summed E-state index contributed by atoms with van der Waals surface area (Å²) in [6.45, 7) is 12.0. The first-order valence-corrected chi connectivity index (χ1v) is 14.6. The van der Waals surface area contributed by atoms with Crippen LogP contribution in [0, 0.1) is 5.41 Å². The predicted molar refractivity (Wildman–Crippen MR) is 138 cm³/mol. The SMILES string of the molecule is CC1(CS(=O)(=O)Cc2ccc(-c3ccc4c(c3)CCC3(CCN(C(C)(C)C)CC3)O4)nc2)COC1. The third-order valence-electron chi connectivity index (χ3n) is 7.84. The van der Waals surface area contributed by atoms with Crippen LogP contribution in [0.5, 0.6) is 5.75 Å². The van der Waals surface area contributed by atoms with E-state index in [-0.39, 0.29) is 28.1 Å². The molecular weight excluding hydrogens is 460 g/mol. The number of ether oxygens (including phenoxy) is 2. The topological polar surface area (TPSA) is 68.7 Å². The number of aryl methyl sites for hydroxylation is 1. The molecule has 35 heavy (non-hydrogen) atoms. The van der Waals surface area contributed by atoms with Crippen LogP contribution in [0.25, 0.3) is 11.3 Å². The quantitative estimate of drug-likeness (QED) is 0.597. The Balaban J connectivity index is 1.24. The van der Waals surface area contributed by atoms with Gasteiger partial charge in [-0.05, 0) is 81.8 Å². The molecule has 6 nitrogen and oxygen atoms in total. The van der Waals surface area contributed by atoms with Crippen molar-refractivity contribution in [2.75, 3.05) is 32.1 Å². The third-order valence-corrected chi connectivity index (χ3v) is 9.75. The summed E-state index contributed by atoms with van der Waals surface area (Å²) in [5.41, 5.74) is 3.77. The molecule has 1 aromatic heterocycles. The molecule has 0 bridgehead atoms. The van der Waals surface area contributed by atoms with Gasteiger partial charge in [-0.25, -0.2) is 8.42 Å². The van der Waals surface area contributed by atoms with Crippen molar-refractivity contribution >= 4 is 9.84 Å². The van der Waals surface area contributed by atoms with Crippen LogP contribution in [0.2, 0.25) is 0 Å². The van der Waals surface area contributed by atoms with Crippen molar-refractivity contribution in [1.82, 2.24) is 9.88 Å². The summed E-state index contributed by atoms with van der Waals surface area (Å²) in [6.07, 6.45) is 5.90. The lowest BCUT2D eigenvalue weighted by atomic mass is 9.81. The second-order valence-corrected chi connectivity index (χ2v) is 14.2. The molecule has 3 aliphatic rings. The van der Waals surface area contributed by atoms with Crippen LogP contribution in [0.4, 0.5) is 0 Å². The first-order chi connectivity index (χ1) is 16.4. The van der Waals surface area contributed by atoms with E-state index in [0.29, 0.717) is 13.2 Å². The lowest BCUT2D eigenvalue weighted by molar-refractivity contribution is -0.0870. The van der Waals surface area contributed by atoms with Crippen molar-refractivity contribution in [2.45, 2.75) is 70.3 Å². The highest BCUT2D eigenvalue weighted by Crippen LogP contribution is 2.41. The van der Waals surface area contributed by atoms with E-state index in [0.717, 1.165) is 61.3 Å². The Morgan fingerprint density at radius 2 is 1.80 bits per heavy atom. The maximum absolute atomic E-state index is 12.6. The van der Waals surface area contributed by atoms with Crippen LogP contribution < -0.4 is 4.74 Å². The van der Waals surface area contributed by atoms with E-state index in [1.54, 1.807) is 6.20 Å². The third kappa shape index (κ3) is 5.42. The first-order valence-electron chi connectivity index (χ1n) is 12.7. The van der Waals surface area contributed by atoms with E-state index in [9.17, 15) is 8.42 Å². The Bertz CT molecular complexity index is 1170. The zero-order chi connectivity index (χ0) is 24.9. The second-order valence-electron chi connectivity index (χ2n) is 12.2. The van der Waals surface area contributed by atoms with E-state index < -0.39 is 9.84 Å². The molecule has 5 rings (SSSR count). The van der Waals surface area contributed by atoms with Gasteiger partial charge in [-0.2, -0.15) is 0 Å². The highest BCUT2D eigenvalue weighted by molar-refractivity contribution is 7.90. The zero-order valence-corrected chi connectivity index (χ0v) is 22.3. The maximum atomic E-state index is 12.6. The summed E-state index contributed by atoms with van der Waals surface area (Å²) >= 11 is 0. The largest absolute Gasteiger partial charge is 0.487 e. The van der Waals surface area contributed by atoms with Crippen LogP contribution in [-0.4, -0.2) is 61.5 Å². The van der Waals surface area contributed by atoms with Gasteiger partial charge in [-0.3, -0.25) is 9.88 Å². The Morgan fingerprint density at radius 3 is 2.40 bits per heavy atom. The molecule has 2 saturated heterocycles. The zero-order valence-electron chi connectivity index (χ0n) is 21.5. The molecule has 1 spiro atoms. The molecule has 1 aromatic carbocycles. The van der Waals surface area contributed by atoms with Crippen molar-refractivity contribution < 1.29 is 17.9 Å². The molecule has 0 unspecified atom stereocenters. The minimum absolute atomic E-state index is 0.0165. The smallest absolute Gasteiger partial charge is 0.155 e. The van der Waals surface area contributed by atoms with Gasteiger partial charge in [0.1, 0.15) is 11.4 Å². The van der Waals surface area contributed by atoms with Gasteiger partial charge in [0.25, 0.3) is 0 Å². The Labute approximate surface area is 210 Å². The minimum Gasteiger partial charge on any atom is -0.487 e. The second kappa shape index (κ2) is 8.86. The molecule has 3 aliphatic heterocycles. The van der Waals surface area contributed by atoms with Crippen LogP contribution in [0.3, 0.4) is 0 Å². The summed E-state index contributed by atoms with van der Waals surface area (Å²) in [7, 11) is -3.21. The number of hydrogen-bond donors (Lipinski definition) is 0. The van der Waals surface area contributed by atoms with E-state index in [2.05, 4.69) is 48.9 Å². The Morgan fingerprint density at radius 1 is 1.06 bits per heavy atom. The Hall–Kier alpha value is -1.96. The number of hydrogen-bond acceptors (Lipinski definition) is 6. The van der Waals surface area contributed by atoms with Crippen molar-refractivity contribution in [2.24, 2.45) is 5.41 Å². The minimum atomic E-state index is -3.21. The van der Waals surface area contributed by atoms with E-state index in [1.807, 2.05) is 19.1 Å². The molecule has 0 saturated carbocycles. The van der Waals surface area contributed by atoms with Crippen LogP contribution in [-0.2, 0) is 26.7 Å². The van der Waals surface area contributed by atoms with E-state index >= 15 is 0 Å². The molecule has 0 radical (unpaired) electrons. The van der Waals surface area contributed by atoms with Crippen molar-refractivity contribution in [1.29, 1.82) is 0 Å². The van der Waals surface area contributed by atoms with Crippen molar-refractivity contribution in [3.63, 3.8) is 0 Å². The molecule has 7 heteroatoms. The highest BCUT2D eigenvalue weighted by atomic mass is 32.2. The van der Waals surface area contributed by atoms with Gasteiger partial charge in [-0.1, -0.05) is 13.0 Å². The lowest BCUT2D eigenvalue weighted by Gasteiger charge is -2.48. The normalized spacial score (nSPS) is 21.7. The molecule has 2 aromatic rings. The summed E-state index contributed by atoms with van der Waals surface area (Å²) in [5.74, 6) is 1.17. The van der Waals surface area contributed by atoms with Gasteiger partial charge in [0.2, 0.25) is 0 Å². The molecule has 0 amide bonds. The molecule has 190 valence electrons. The fourth-order valence-electron chi connectivity index (χ4n) is 5.67. The number of rotatable bonds is 5. The number of pyridine rings is 1. The first kappa shape index (κ1) is 24.7. The summed E-state index contributed by atoms with van der Waals surface area (Å²) < 4.78 is 37.1. The number of piperidine rings is 1. The summed E-state index contributed by atoms with van der Waals surface area (Å²) in [5, 5.41) is 0. The van der Waals surface area contributed by atoms with Crippen LogP contribution in [0.1, 0.15) is 58.1 Å². The monoisotopic (exact) mass is 498 g/mol. The molecule has 0 atom stereocenters. The maximum Gasteiger partial charge on any atom is 0.155 e. The number of likely N-dealkylation sites (tertiary alicyclic amines) is 1. The molecule has 0 N–H and O–H groups in total. The molecule has 4 heterocycles. The number of sulfone groups is 1. The van der Waals surface area contributed by atoms with Crippen molar-refractivity contribution in [3.8, 4) is 17.0 Å². The van der Waals surface area contributed by atoms with Gasteiger partial charge in [-0.15, -0.1) is 0 Å². The molecular formula is C28H38N2O4S. The summed E-state index contributed by atoms with van der Waals surface area (Å²) in [4.78, 5) is 7.15. The van der Waals surface area contributed by atoms with E-state index in [4.69, 9.17) is 9.47 Å². The van der Waals surface area contributed by atoms with Crippen LogP contribution >= 0.6 is 0 Å². The van der Waals surface area contributed by atoms with Gasteiger partial charge in [0.05, 0.1) is 30.4 Å². The average Bonchev–Trinajstić information content (AvgIpc) is 2.77.